The first-order chi connectivity index (χ1) is 15.7. The lowest BCUT2D eigenvalue weighted by molar-refractivity contribution is 0.473. The number of aromatic nitrogens is 5. The predicted molar refractivity (Wildman–Crippen MR) is 121 cm³/mol. The highest BCUT2D eigenvalue weighted by atomic mass is 19.1. The summed E-state index contributed by atoms with van der Waals surface area (Å²) in [6.45, 7) is 0. The number of hydrogen-bond donors (Lipinski definition) is 3. The maximum absolute atomic E-state index is 13.8. The topological polar surface area (TPSA) is 90.5 Å². The molecule has 6 rings (SSSR count). The van der Waals surface area contributed by atoms with E-state index in [1.807, 2.05) is 36.4 Å². The molecule has 0 unspecified atom stereocenters. The average molecular weight is 421 g/mol. The summed E-state index contributed by atoms with van der Waals surface area (Å²) < 4.78 is 13.8. The van der Waals surface area contributed by atoms with Gasteiger partial charge in [-0.3, -0.25) is 15.1 Å². The van der Waals surface area contributed by atoms with Crippen LogP contribution in [0.5, 0.6) is 5.75 Å². The number of halogens is 1. The SMILES string of the molecule is Oc1cncc(-c2cc3c(-c4cc5c(-c6cccc(F)c6)cccc5[nH]4)n[nH]c3cn2)c1. The van der Waals surface area contributed by atoms with Crippen molar-refractivity contribution in [3.8, 4) is 39.5 Å². The highest BCUT2D eigenvalue weighted by Gasteiger charge is 2.15. The van der Waals surface area contributed by atoms with Crippen molar-refractivity contribution >= 4 is 21.8 Å². The quantitative estimate of drug-likeness (QED) is 0.343. The third-order valence-electron chi connectivity index (χ3n) is 5.52. The van der Waals surface area contributed by atoms with Crippen molar-refractivity contribution in [3.05, 3.63) is 85.1 Å². The normalized spacial score (nSPS) is 11.4. The van der Waals surface area contributed by atoms with Crippen LogP contribution in [0, 0.1) is 5.82 Å². The molecule has 6 aromatic rings. The van der Waals surface area contributed by atoms with Crippen LogP contribution in [0.3, 0.4) is 0 Å². The van der Waals surface area contributed by atoms with Gasteiger partial charge in [0.15, 0.2) is 0 Å². The molecule has 0 atom stereocenters. The highest BCUT2D eigenvalue weighted by molar-refractivity contribution is 6.01. The Labute approximate surface area is 181 Å². The molecule has 0 fully saturated rings. The van der Waals surface area contributed by atoms with E-state index in [0.717, 1.165) is 44.3 Å². The highest BCUT2D eigenvalue weighted by Crippen LogP contribution is 2.35. The third-order valence-corrected chi connectivity index (χ3v) is 5.52. The standard InChI is InChI=1S/C25H16FN5O/c26-16-4-1-3-14(7-16)18-5-2-6-21-19(18)9-23(29-21)25-20-10-22(28-13-24(20)30-31-25)15-8-17(32)12-27-11-15/h1-13,29,32H,(H,30,31). The van der Waals surface area contributed by atoms with Crippen LogP contribution in [0.2, 0.25) is 0 Å². The van der Waals surface area contributed by atoms with Gasteiger partial charge in [0.05, 0.1) is 29.3 Å². The van der Waals surface area contributed by atoms with Crippen molar-refractivity contribution in [2.45, 2.75) is 0 Å². The summed E-state index contributed by atoms with van der Waals surface area (Å²) in [4.78, 5) is 11.9. The molecule has 0 radical (unpaired) electrons. The summed E-state index contributed by atoms with van der Waals surface area (Å²) in [5.41, 5.74) is 6.46. The van der Waals surface area contributed by atoms with Gasteiger partial charge in [-0.25, -0.2) is 4.39 Å². The predicted octanol–water partition coefficient (Wildman–Crippen LogP) is 5.68. The number of pyridine rings is 2. The molecule has 4 heterocycles. The molecule has 0 aliphatic heterocycles. The van der Waals surface area contributed by atoms with Gasteiger partial charge in [-0.15, -0.1) is 0 Å². The fourth-order valence-corrected chi connectivity index (χ4v) is 4.04. The maximum Gasteiger partial charge on any atom is 0.134 e. The number of aromatic amines is 2. The number of aromatic hydroxyl groups is 1. The minimum absolute atomic E-state index is 0.0808. The Hall–Kier alpha value is -4.52. The van der Waals surface area contributed by atoms with Crippen molar-refractivity contribution in [3.63, 3.8) is 0 Å². The third kappa shape index (κ3) is 2.99. The van der Waals surface area contributed by atoms with E-state index in [9.17, 15) is 9.50 Å². The molecule has 2 aromatic carbocycles. The summed E-state index contributed by atoms with van der Waals surface area (Å²) in [6, 6.07) is 18.1. The van der Waals surface area contributed by atoms with Crippen LogP contribution >= 0.6 is 0 Å². The van der Waals surface area contributed by atoms with Crippen LogP contribution in [0.15, 0.2) is 79.3 Å². The largest absolute Gasteiger partial charge is 0.506 e. The van der Waals surface area contributed by atoms with Crippen molar-refractivity contribution < 1.29 is 9.50 Å². The van der Waals surface area contributed by atoms with Crippen LogP contribution in [0.4, 0.5) is 4.39 Å². The molecular weight excluding hydrogens is 405 g/mol. The molecule has 0 saturated carbocycles. The van der Waals surface area contributed by atoms with Gasteiger partial charge in [-0.2, -0.15) is 5.10 Å². The van der Waals surface area contributed by atoms with E-state index in [4.69, 9.17) is 0 Å². The lowest BCUT2D eigenvalue weighted by atomic mass is 10.0. The molecule has 0 bridgehead atoms. The van der Waals surface area contributed by atoms with E-state index in [-0.39, 0.29) is 11.6 Å². The molecule has 32 heavy (non-hydrogen) atoms. The second-order valence-corrected chi connectivity index (χ2v) is 7.58. The zero-order valence-corrected chi connectivity index (χ0v) is 16.7. The van der Waals surface area contributed by atoms with Gasteiger partial charge in [0.1, 0.15) is 17.3 Å². The Morgan fingerprint density at radius 3 is 2.59 bits per heavy atom. The minimum atomic E-state index is -0.268. The Kier molecular flexibility index (Phi) is 4.01. The van der Waals surface area contributed by atoms with Crippen LogP contribution in [0.1, 0.15) is 0 Å². The number of benzene rings is 2. The van der Waals surface area contributed by atoms with Crippen molar-refractivity contribution in [1.29, 1.82) is 0 Å². The van der Waals surface area contributed by atoms with Gasteiger partial charge in [0.25, 0.3) is 0 Å². The van der Waals surface area contributed by atoms with E-state index in [1.165, 1.54) is 18.3 Å². The summed E-state index contributed by atoms with van der Waals surface area (Å²) in [5.74, 6) is -0.188. The van der Waals surface area contributed by atoms with Crippen LogP contribution < -0.4 is 0 Å². The molecule has 6 nitrogen and oxygen atoms in total. The number of nitrogens with one attached hydrogen (secondary N) is 2. The molecule has 0 spiro atoms. The van der Waals surface area contributed by atoms with E-state index in [0.29, 0.717) is 11.3 Å². The Morgan fingerprint density at radius 2 is 1.72 bits per heavy atom. The smallest absolute Gasteiger partial charge is 0.134 e. The van der Waals surface area contributed by atoms with Gasteiger partial charge >= 0.3 is 0 Å². The van der Waals surface area contributed by atoms with Gasteiger partial charge in [0.2, 0.25) is 0 Å². The first-order valence-corrected chi connectivity index (χ1v) is 10.0. The molecule has 7 heteroatoms. The number of nitrogens with zero attached hydrogens (tertiary/aromatic N) is 3. The molecule has 4 aromatic heterocycles. The van der Waals surface area contributed by atoms with Crippen LogP contribution in [-0.2, 0) is 0 Å². The Balaban J connectivity index is 1.51. The lowest BCUT2D eigenvalue weighted by Gasteiger charge is -2.03. The number of hydrogen-bond acceptors (Lipinski definition) is 4. The lowest BCUT2D eigenvalue weighted by Crippen LogP contribution is -1.85. The molecular formula is C25H16FN5O. The van der Waals surface area contributed by atoms with E-state index in [1.54, 1.807) is 24.5 Å². The second kappa shape index (κ2) is 7.02. The molecule has 3 N–H and O–H groups in total. The zero-order chi connectivity index (χ0) is 21.7. The molecule has 0 aliphatic carbocycles. The van der Waals surface area contributed by atoms with Crippen molar-refractivity contribution in [1.82, 2.24) is 25.1 Å². The number of H-pyrrole nitrogens is 2. The average Bonchev–Trinajstić information content (AvgIpc) is 3.42. The Morgan fingerprint density at radius 1 is 0.812 bits per heavy atom. The first-order valence-electron chi connectivity index (χ1n) is 10.0. The first kappa shape index (κ1) is 18.3. The summed E-state index contributed by atoms with van der Waals surface area (Å²) >= 11 is 0. The van der Waals surface area contributed by atoms with Crippen LogP contribution in [-0.4, -0.2) is 30.3 Å². The number of rotatable bonds is 3. The minimum Gasteiger partial charge on any atom is -0.506 e. The molecule has 0 aliphatic rings. The van der Waals surface area contributed by atoms with Crippen LogP contribution in [0.25, 0.3) is 55.6 Å². The second-order valence-electron chi connectivity index (χ2n) is 7.58. The molecule has 0 saturated heterocycles. The van der Waals surface area contributed by atoms with E-state index in [2.05, 4.69) is 25.1 Å². The van der Waals surface area contributed by atoms with Gasteiger partial charge in [-0.1, -0.05) is 24.3 Å². The summed E-state index contributed by atoms with van der Waals surface area (Å²) in [6.07, 6.45) is 4.75. The monoisotopic (exact) mass is 421 g/mol. The molecule has 154 valence electrons. The maximum atomic E-state index is 13.8. The summed E-state index contributed by atoms with van der Waals surface area (Å²) in [5, 5.41) is 19.2. The van der Waals surface area contributed by atoms with Gasteiger partial charge < -0.3 is 10.1 Å². The van der Waals surface area contributed by atoms with E-state index >= 15 is 0 Å². The summed E-state index contributed by atoms with van der Waals surface area (Å²) in [7, 11) is 0. The van der Waals surface area contributed by atoms with Gasteiger partial charge in [0, 0.05) is 28.0 Å². The zero-order valence-electron chi connectivity index (χ0n) is 16.7. The fourth-order valence-electron chi connectivity index (χ4n) is 4.04. The molecule has 0 amide bonds. The van der Waals surface area contributed by atoms with Gasteiger partial charge in [-0.05, 0) is 47.5 Å². The Bertz CT molecular complexity index is 1620. The fraction of sp³-hybridized carbons (Fsp3) is 0. The van der Waals surface area contributed by atoms with Crippen molar-refractivity contribution in [2.24, 2.45) is 0 Å². The van der Waals surface area contributed by atoms with E-state index < -0.39 is 0 Å². The number of fused-ring (bicyclic) bond motifs is 2. The van der Waals surface area contributed by atoms with Crippen molar-refractivity contribution in [2.75, 3.05) is 0 Å².